The van der Waals surface area contributed by atoms with Gasteiger partial charge in [0, 0.05) is 5.02 Å². The Morgan fingerprint density at radius 2 is 1.65 bits per heavy atom. The zero-order chi connectivity index (χ0) is 14.5. The van der Waals surface area contributed by atoms with E-state index in [2.05, 4.69) is 29.6 Å². The van der Waals surface area contributed by atoms with Crippen molar-refractivity contribution in [1.82, 2.24) is 0 Å². The Kier molecular flexibility index (Phi) is 5.30. The summed E-state index contributed by atoms with van der Waals surface area (Å²) in [6.45, 7) is 2.12. The van der Waals surface area contributed by atoms with Crippen LogP contribution in [0.1, 0.15) is 18.1 Å². The molecule has 2 aromatic carbocycles. The van der Waals surface area contributed by atoms with Crippen LogP contribution in [0.4, 0.5) is 5.69 Å². The molecule has 0 saturated carbocycles. The molecule has 0 fully saturated rings. The number of nitrogens with one attached hydrogen (secondary N) is 1. The number of benzene rings is 2. The molecule has 5 heteroatoms. The van der Waals surface area contributed by atoms with Crippen molar-refractivity contribution in [3.63, 3.8) is 0 Å². The van der Waals surface area contributed by atoms with Gasteiger partial charge in [0.1, 0.15) is 0 Å². The van der Waals surface area contributed by atoms with Crippen molar-refractivity contribution in [2.24, 2.45) is 5.10 Å². The molecule has 0 heterocycles. The minimum atomic E-state index is 0.431. The first-order chi connectivity index (χ1) is 9.60. The van der Waals surface area contributed by atoms with Crippen LogP contribution in [0.15, 0.2) is 41.5 Å². The second-order valence-electron chi connectivity index (χ2n) is 4.21. The predicted octanol–water partition coefficient (Wildman–Crippen LogP) is 5.66. The summed E-state index contributed by atoms with van der Waals surface area (Å²) in [5.41, 5.74) is 5.66. The van der Waals surface area contributed by atoms with Crippen LogP contribution in [0.2, 0.25) is 15.1 Å². The van der Waals surface area contributed by atoms with E-state index in [1.807, 2.05) is 12.1 Å². The molecule has 0 aliphatic carbocycles. The standard InChI is InChI=1S/C15H13Cl3N2/c1-2-10-3-5-11(6-4-10)9-19-20-15-13(17)7-12(16)8-14(15)18/h3-9,20H,2H2,1H3. The molecule has 2 aromatic rings. The number of aryl methyl sites for hydroxylation is 1. The maximum absolute atomic E-state index is 6.05. The lowest BCUT2D eigenvalue weighted by Gasteiger charge is -2.06. The van der Waals surface area contributed by atoms with Gasteiger partial charge in [0.05, 0.1) is 21.9 Å². The van der Waals surface area contributed by atoms with Crippen molar-refractivity contribution in [3.05, 3.63) is 62.6 Å². The van der Waals surface area contributed by atoms with Gasteiger partial charge >= 0.3 is 0 Å². The Hall–Kier alpha value is -1.22. The number of hydrazone groups is 1. The Balaban J connectivity index is 2.09. The number of rotatable bonds is 4. The molecule has 0 radical (unpaired) electrons. The molecule has 2 rings (SSSR count). The quantitative estimate of drug-likeness (QED) is 0.569. The lowest BCUT2D eigenvalue weighted by molar-refractivity contribution is 1.14. The topological polar surface area (TPSA) is 24.4 Å². The second kappa shape index (κ2) is 6.98. The molecule has 1 N–H and O–H groups in total. The van der Waals surface area contributed by atoms with Crippen molar-refractivity contribution < 1.29 is 0 Å². The van der Waals surface area contributed by atoms with Crippen LogP contribution in [0.3, 0.4) is 0 Å². The third kappa shape index (κ3) is 3.89. The summed E-state index contributed by atoms with van der Waals surface area (Å²) in [4.78, 5) is 0. The van der Waals surface area contributed by atoms with Gasteiger partial charge in [-0.1, -0.05) is 66.0 Å². The molecule has 0 unspecified atom stereocenters. The molecule has 0 amide bonds. The first-order valence-electron chi connectivity index (χ1n) is 6.12. The van der Waals surface area contributed by atoms with E-state index in [0.29, 0.717) is 20.8 Å². The van der Waals surface area contributed by atoms with Gasteiger partial charge in [0.25, 0.3) is 0 Å². The van der Waals surface area contributed by atoms with Crippen LogP contribution >= 0.6 is 34.8 Å². The first kappa shape index (κ1) is 15.2. The van der Waals surface area contributed by atoms with E-state index < -0.39 is 0 Å². The van der Waals surface area contributed by atoms with Gasteiger partial charge in [-0.2, -0.15) is 5.10 Å². The third-order valence-corrected chi connectivity index (χ3v) is 3.60. The largest absolute Gasteiger partial charge is 0.275 e. The molecule has 0 aromatic heterocycles. The summed E-state index contributed by atoms with van der Waals surface area (Å²) in [5, 5.41) is 5.49. The highest BCUT2D eigenvalue weighted by Gasteiger charge is 2.06. The summed E-state index contributed by atoms with van der Waals surface area (Å²) in [6.07, 6.45) is 2.73. The predicted molar refractivity (Wildman–Crippen MR) is 88.5 cm³/mol. The van der Waals surface area contributed by atoms with E-state index in [9.17, 15) is 0 Å². The third-order valence-electron chi connectivity index (χ3n) is 2.78. The fraction of sp³-hybridized carbons (Fsp3) is 0.133. The van der Waals surface area contributed by atoms with Crippen LogP contribution in [-0.4, -0.2) is 6.21 Å². The number of halogens is 3. The number of anilines is 1. The molecule has 104 valence electrons. The zero-order valence-corrected chi connectivity index (χ0v) is 13.1. The molecule has 2 nitrogen and oxygen atoms in total. The number of hydrogen-bond donors (Lipinski definition) is 1. The van der Waals surface area contributed by atoms with Crippen LogP contribution in [0.25, 0.3) is 0 Å². The molecule has 20 heavy (non-hydrogen) atoms. The summed E-state index contributed by atoms with van der Waals surface area (Å²) < 4.78 is 0. The maximum atomic E-state index is 6.05. The molecule has 0 spiro atoms. The van der Waals surface area contributed by atoms with Crippen molar-refractivity contribution in [2.45, 2.75) is 13.3 Å². The van der Waals surface area contributed by atoms with Gasteiger partial charge in [-0.05, 0) is 29.7 Å². The molecule has 0 saturated heterocycles. The summed E-state index contributed by atoms with van der Waals surface area (Å²) in [6, 6.07) is 11.4. The Morgan fingerprint density at radius 1 is 1.05 bits per heavy atom. The summed E-state index contributed by atoms with van der Waals surface area (Å²) in [7, 11) is 0. The average molecular weight is 328 g/mol. The lowest BCUT2D eigenvalue weighted by atomic mass is 10.1. The monoisotopic (exact) mass is 326 g/mol. The Morgan fingerprint density at radius 3 is 2.20 bits per heavy atom. The van der Waals surface area contributed by atoms with Crippen molar-refractivity contribution in [2.75, 3.05) is 5.43 Å². The van der Waals surface area contributed by atoms with E-state index in [0.717, 1.165) is 12.0 Å². The molecule has 0 bridgehead atoms. The fourth-order valence-electron chi connectivity index (χ4n) is 1.66. The molecule has 0 aliphatic heterocycles. The number of hydrogen-bond acceptors (Lipinski definition) is 2. The van der Waals surface area contributed by atoms with Gasteiger partial charge in [-0.25, -0.2) is 0 Å². The van der Waals surface area contributed by atoms with E-state index in [1.54, 1.807) is 18.3 Å². The highest BCUT2D eigenvalue weighted by molar-refractivity contribution is 6.41. The van der Waals surface area contributed by atoms with E-state index in [1.165, 1.54) is 5.56 Å². The highest BCUT2D eigenvalue weighted by Crippen LogP contribution is 2.33. The second-order valence-corrected chi connectivity index (χ2v) is 5.46. The van der Waals surface area contributed by atoms with Crippen molar-refractivity contribution in [3.8, 4) is 0 Å². The lowest BCUT2D eigenvalue weighted by Crippen LogP contribution is -1.93. The molecular formula is C15H13Cl3N2. The normalized spacial score (nSPS) is 11.0. The van der Waals surface area contributed by atoms with Crippen molar-refractivity contribution in [1.29, 1.82) is 0 Å². The minimum Gasteiger partial charge on any atom is -0.275 e. The Bertz CT molecular complexity index is 599. The Labute approximate surface area is 133 Å². The minimum absolute atomic E-state index is 0.431. The van der Waals surface area contributed by atoms with E-state index in [4.69, 9.17) is 34.8 Å². The highest BCUT2D eigenvalue weighted by atomic mass is 35.5. The summed E-state index contributed by atoms with van der Waals surface area (Å²) in [5.74, 6) is 0. The van der Waals surface area contributed by atoms with Gasteiger partial charge in [0.15, 0.2) is 0 Å². The van der Waals surface area contributed by atoms with Crippen LogP contribution < -0.4 is 5.43 Å². The van der Waals surface area contributed by atoms with Crippen LogP contribution in [-0.2, 0) is 6.42 Å². The van der Waals surface area contributed by atoms with Gasteiger partial charge in [-0.3, -0.25) is 5.43 Å². The van der Waals surface area contributed by atoms with Crippen LogP contribution in [0, 0.1) is 0 Å². The van der Waals surface area contributed by atoms with E-state index in [-0.39, 0.29) is 0 Å². The fourth-order valence-corrected chi connectivity index (χ4v) is 2.56. The first-order valence-corrected chi connectivity index (χ1v) is 7.26. The zero-order valence-electron chi connectivity index (χ0n) is 10.8. The van der Waals surface area contributed by atoms with Gasteiger partial charge < -0.3 is 0 Å². The summed E-state index contributed by atoms with van der Waals surface area (Å²) >= 11 is 17.9. The van der Waals surface area contributed by atoms with Crippen LogP contribution in [0.5, 0.6) is 0 Å². The van der Waals surface area contributed by atoms with Gasteiger partial charge in [-0.15, -0.1) is 0 Å². The SMILES string of the molecule is CCc1ccc(C=NNc2c(Cl)cc(Cl)cc2Cl)cc1. The average Bonchev–Trinajstić information content (AvgIpc) is 2.42. The molecule has 0 aliphatic rings. The van der Waals surface area contributed by atoms with E-state index >= 15 is 0 Å². The van der Waals surface area contributed by atoms with Crippen molar-refractivity contribution >= 4 is 46.7 Å². The number of nitrogens with zero attached hydrogens (tertiary/aromatic N) is 1. The smallest absolute Gasteiger partial charge is 0.0935 e. The maximum Gasteiger partial charge on any atom is 0.0935 e. The molecular weight excluding hydrogens is 315 g/mol. The van der Waals surface area contributed by atoms with Gasteiger partial charge in [0.2, 0.25) is 0 Å². The molecule has 0 atom stereocenters.